The normalized spacial score (nSPS) is 19.2. The second kappa shape index (κ2) is 9.72. The lowest BCUT2D eigenvalue weighted by Crippen LogP contribution is -2.64. The van der Waals surface area contributed by atoms with E-state index in [1.54, 1.807) is 6.92 Å². The summed E-state index contributed by atoms with van der Waals surface area (Å²) in [5, 5.41) is 7.95. The average molecular weight is 564 g/mol. The van der Waals surface area contributed by atoms with Crippen LogP contribution in [0.3, 0.4) is 0 Å². The molecule has 4 amide bonds. The Morgan fingerprint density at radius 1 is 1.23 bits per heavy atom. The van der Waals surface area contributed by atoms with E-state index in [1.165, 1.54) is 41.7 Å². The second-order valence-corrected chi connectivity index (χ2v) is 9.65. The van der Waals surface area contributed by atoms with Gasteiger partial charge in [-0.2, -0.15) is 18.2 Å². The number of imide groups is 1. The van der Waals surface area contributed by atoms with Crippen LogP contribution in [0.15, 0.2) is 27.2 Å². The highest BCUT2D eigenvalue weighted by Gasteiger charge is 2.50. The largest absolute Gasteiger partial charge is 0.418 e. The van der Waals surface area contributed by atoms with Gasteiger partial charge >= 0.3 is 12.2 Å². The zero-order valence-corrected chi connectivity index (χ0v) is 21.4. The molecule has 0 aliphatic carbocycles. The van der Waals surface area contributed by atoms with E-state index in [0.29, 0.717) is 5.82 Å². The number of alkyl halides is 3. The number of nitrogens with one attached hydrogen (secondary N) is 1. The molecule has 3 aromatic rings. The van der Waals surface area contributed by atoms with Crippen LogP contribution in [0.25, 0.3) is 10.6 Å². The van der Waals surface area contributed by atoms with Gasteiger partial charge in [0.1, 0.15) is 17.4 Å². The summed E-state index contributed by atoms with van der Waals surface area (Å²) in [5.74, 6) is -0.594. The number of aryl methyl sites for hydroxylation is 2. The zero-order chi connectivity index (χ0) is 28.1. The molecule has 204 valence electrons. The highest BCUT2D eigenvalue weighted by molar-refractivity contribution is 7.13. The number of hydrogen-bond acceptors (Lipinski definition) is 11. The molecule has 0 aromatic carbocycles. The number of carbonyl (C=O) groups is 3. The molecule has 2 aliphatic rings. The molecule has 2 aliphatic heterocycles. The number of anilines is 1. The van der Waals surface area contributed by atoms with Crippen molar-refractivity contribution in [2.24, 2.45) is 4.99 Å². The van der Waals surface area contributed by atoms with Crippen LogP contribution in [0.2, 0.25) is 0 Å². The average Bonchev–Trinajstić information content (AvgIpc) is 3.60. The number of fused-ring (bicyclic) bond motifs is 1. The maximum Gasteiger partial charge on any atom is 0.418 e. The quantitative estimate of drug-likeness (QED) is 0.477. The molecule has 0 bridgehead atoms. The van der Waals surface area contributed by atoms with Crippen molar-refractivity contribution in [3.05, 3.63) is 40.6 Å². The number of aliphatic imine (C=N–C) groups is 1. The highest BCUT2D eigenvalue weighted by atomic mass is 32.1. The Kier molecular flexibility index (Phi) is 6.53. The first-order chi connectivity index (χ1) is 18.4. The van der Waals surface area contributed by atoms with Gasteiger partial charge in [0.25, 0.3) is 5.91 Å². The molecular weight excluding hydrogens is 543 g/mol. The van der Waals surface area contributed by atoms with Gasteiger partial charge in [-0.25, -0.2) is 14.8 Å². The van der Waals surface area contributed by atoms with Gasteiger partial charge in [0, 0.05) is 29.9 Å². The summed E-state index contributed by atoms with van der Waals surface area (Å²) < 4.78 is 44.8. The summed E-state index contributed by atoms with van der Waals surface area (Å²) in [6, 6.07) is -0.607. The number of aromatic nitrogens is 4. The molecule has 13 nitrogen and oxygen atoms in total. The van der Waals surface area contributed by atoms with Gasteiger partial charge in [-0.3, -0.25) is 19.5 Å². The third kappa shape index (κ3) is 5.04. The van der Waals surface area contributed by atoms with Gasteiger partial charge in [-0.15, -0.1) is 11.3 Å². The number of urea groups is 1. The van der Waals surface area contributed by atoms with Gasteiger partial charge in [-0.05, 0) is 19.9 Å². The number of halogens is 3. The molecule has 1 saturated heterocycles. The van der Waals surface area contributed by atoms with Crippen molar-refractivity contribution in [2.45, 2.75) is 38.8 Å². The van der Waals surface area contributed by atoms with Crippen LogP contribution in [0.1, 0.15) is 23.0 Å². The monoisotopic (exact) mass is 563 g/mol. The first kappa shape index (κ1) is 26.2. The van der Waals surface area contributed by atoms with E-state index >= 15 is 0 Å². The summed E-state index contributed by atoms with van der Waals surface area (Å²) in [7, 11) is 1.49. The maximum atomic E-state index is 13.3. The zero-order valence-electron chi connectivity index (χ0n) is 20.6. The minimum atomic E-state index is -4.56. The number of pyridine rings is 1. The lowest BCUT2D eigenvalue weighted by atomic mass is 10.1. The van der Waals surface area contributed by atoms with Crippen molar-refractivity contribution in [2.75, 3.05) is 18.9 Å². The molecule has 3 aromatic heterocycles. The van der Waals surface area contributed by atoms with Crippen molar-refractivity contribution in [3.8, 4) is 10.6 Å². The Balaban J connectivity index is 1.27. The Hall–Kier alpha value is -4.41. The fourth-order valence-corrected chi connectivity index (χ4v) is 4.92. The van der Waals surface area contributed by atoms with E-state index in [0.717, 1.165) is 22.3 Å². The van der Waals surface area contributed by atoms with Crippen LogP contribution in [0.5, 0.6) is 0 Å². The van der Waals surface area contributed by atoms with E-state index in [2.05, 4.69) is 30.4 Å². The topological polar surface area (TPSA) is 150 Å². The lowest BCUT2D eigenvalue weighted by Gasteiger charge is -2.40. The fraction of sp³-hybridized carbons (Fsp3) is 0.364. The number of thiazole rings is 1. The fourth-order valence-electron chi connectivity index (χ4n) is 4.19. The van der Waals surface area contributed by atoms with E-state index in [-0.39, 0.29) is 41.1 Å². The van der Waals surface area contributed by atoms with Crippen molar-refractivity contribution >= 4 is 41.3 Å². The first-order valence-corrected chi connectivity index (χ1v) is 12.3. The van der Waals surface area contributed by atoms with E-state index in [1.807, 2.05) is 0 Å². The molecular formula is C22H20F3N9O4S. The summed E-state index contributed by atoms with van der Waals surface area (Å²) >= 11 is 1.04. The van der Waals surface area contributed by atoms with Gasteiger partial charge in [0.2, 0.25) is 11.8 Å². The summed E-state index contributed by atoms with van der Waals surface area (Å²) in [5.41, 5.74) is -0.866. The van der Waals surface area contributed by atoms with E-state index < -0.39 is 41.8 Å². The maximum absolute atomic E-state index is 13.3. The molecule has 0 spiro atoms. The molecule has 0 saturated carbocycles. The Labute approximate surface area is 222 Å². The molecule has 1 N–H and O–H groups in total. The van der Waals surface area contributed by atoms with Gasteiger partial charge in [0.05, 0.1) is 18.4 Å². The van der Waals surface area contributed by atoms with Crippen LogP contribution in [0, 0.1) is 13.8 Å². The van der Waals surface area contributed by atoms with E-state index in [4.69, 9.17) is 4.52 Å². The second-order valence-electron chi connectivity index (χ2n) is 8.79. The van der Waals surface area contributed by atoms with Crippen LogP contribution >= 0.6 is 11.3 Å². The lowest BCUT2D eigenvalue weighted by molar-refractivity contribution is -0.139. The molecule has 1 fully saturated rings. The third-order valence-electron chi connectivity index (χ3n) is 6.06. The molecule has 5 heterocycles. The first-order valence-electron chi connectivity index (χ1n) is 11.4. The van der Waals surface area contributed by atoms with Crippen LogP contribution in [0.4, 0.5) is 23.8 Å². The number of hydrogen-bond donors (Lipinski definition) is 1. The van der Waals surface area contributed by atoms with Crippen molar-refractivity contribution in [1.82, 2.24) is 34.8 Å². The number of nitrogens with zero attached hydrogens (tertiary/aromatic N) is 8. The molecule has 2 unspecified atom stereocenters. The smallest absolute Gasteiger partial charge is 0.338 e. The Morgan fingerprint density at radius 2 is 2.00 bits per heavy atom. The van der Waals surface area contributed by atoms with Gasteiger partial charge in [0.15, 0.2) is 18.0 Å². The summed E-state index contributed by atoms with van der Waals surface area (Å²) in [6.07, 6.45) is -2.80. The molecule has 17 heteroatoms. The van der Waals surface area contributed by atoms with Gasteiger partial charge in [-0.1, -0.05) is 5.16 Å². The standard InChI is InChI=1S/C22H20F3N9O4S/c1-10-13(22(23,24)25)4-12(5-26-10)19-30-14(8-39-19)29-15(35)6-33-9-27-18-17(33)20(36)34(21(37)32(18)3)7-16-28-11(2)31-38-16/h4-5,8-9,17-18H,6-7H2,1-3H3,(H,29,35). The third-order valence-corrected chi connectivity index (χ3v) is 6.95. The number of likely N-dealkylation sites (N-methyl/N-ethyl adjacent to an activating group) is 1. The summed E-state index contributed by atoms with van der Waals surface area (Å²) in [6.45, 7) is 2.33. The SMILES string of the molecule is Cc1noc(CN2C(=O)C3C(N=CN3CC(=O)Nc3csc(-c4cnc(C)c(C(F)(F)F)c4)n3)N(C)C2=O)n1. The van der Waals surface area contributed by atoms with Crippen LogP contribution in [-0.2, 0) is 22.3 Å². The predicted molar refractivity (Wildman–Crippen MR) is 129 cm³/mol. The molecule has 5 rings (SSSR count). The van der Waals surface area contributed by atoms with Crippen LogP contribution in [-0.4, -0.2) is 84.8 Å². The predicted octanol–water partition coefficient (Wildman–Crippen LogP) is 2.30. The summed E-state index contributed by atoms with van der Waals surface area (Å²) in [4.78, 5) is 58.7. The number of amides is 4. The van der Waals surface area contributed by atoms with Crippen LogP contribution < -0.4 is 5.32 Å². The molecule has 2 atom stereocenters. The van der Waals surface area contributed by atoms with Gasteiger partial charge < -0.3 is 19.6 Å². The Bertz CT molecular complexity index is 1490. The minimum Gasteiger partial charge on any atom is -0.338 e. The number of carbonyl (C=O) groups excluding carboxylic acids is 3. The van der Waals surface area contributed by atoms with Crippen molar-refractivity contribution < 1.29 is 32.1 Å². The number of rotatable bonds is 6. The van der Waals surface area contributed by atoms with E-state index in [9.17, 15) is 27.6 Å². The molecule has 39 heavy (non-hydrogen) atoms. The van der Waals surface area contributed by atoms with Crippen molar-refractivity contribution in [1.29, 1.82) is 0 Å². The minimum absolute atomic E-state index is 0.0784. The highest BCUT2D eigenvalue weighted by Crippen LogP contribution is 2.35. The molecule has 0 radical (unpaired) electrons. The van der Waals surface area contributed by atoms with Crippen molar-refractivity contribution in [3.63, 3.8) is 0 Å². The Morgan fingerprint density at radius 3 is 2.69 bits per heavy atom.